The van der Waals surface area contributed by atoms with E-state index in [4.69, 9.17) is 0 Å². The first-order chi connectivity index (χ1) is 11.6. The lowest BCUT2D eigenvalue weighted by Gasteiger charge is -2.20. The first-order valence-corrected chi connectivity index (χ1v) is 8.25. The minimum absolute atomic E-state index is 0.0332. The van der Waals surface area contributed by atoms with E-state index in [1.165, 1.54) is 5.56 Å². The first-order valence-electron chi connectivity index (χ1n) is 8.25. The molecule has 122 valence electrons. The van der Waals surface area contributed by atoms with Crippen LogP contribution in [0.4, 0.5) is 5.69 Å². The zero-order valence-electron chi connectivity index (χ0n) is 14.0. The quantitative estimate of drug-likeness (QED) is 0.726. The smallest absolute Gasteiger partial charge is 0.241 e. The van der Waals surface area contributed by atoms with Gasteiger partial charge >= 0.3 is 0 Å². The Morgan fingerprint density at radius 2 is 1.50 bits per heavy atom. The molecule has 3 nitrogen and oxygen atoms in total. The summed E-state index contributed by atoms with van der Waals surface area (Å²) in [5, 5.41) is 8.56. The minimum atomic E-state index is -0.292. The second-order valence-corrected chi connectivity index (χ2v) is 6.04. The number of carbonyl (C=O) groups excluding carboxylic acids is 1. The van der Waals surface area contributed by atoms with Crippen molar-refractivity contribution in [3.8, 4) is 0 Å². The highest BCUT2D eigenvalue weighted by molar-refractivity contribution is 6.03. The number of benzene rings is 3. The van der Waals surface area contributed by atoms with Gasteiger partial charge in [-0.1, -0.05) is 66.7 Å². The van der Waals surface area contributed by atoms with Gasteiger partial charge in [0.1, 0.15) is 0 Å². The predicted molar refractivity (Wildman–Crippen MR) is 100 cm³/mol. The van der Waals surface area contributed by atoms with E-state index < -0.39 is 0 Å². The number of hydrogen-bond acceptors (Lipinski definition) is 2. The average molecular weight is 318 g/mol. The normalized spacial score (nSPS) is 13.4. The van der Waals surface area contributed by atoms with Gasteiger partial charge in [-0.05, 0) is 30.9 Å². The van der Waals surface area contributed by atoms with Crippen molar-refractivity contribution in [2.45, 2.75) is 25.9 Å². The molecule has 0 saturated heterocycles. The number of fused-ring (bicyclic) bond motifs is 1. The van der Waals surface area contributed by atoms with Crippen LogP contribution in [0.25, 0.3) is 10.8 Å². The fourth-order valence-corrected chi connectivity index (χ4v) is 2.86. The molecule has 1 amide bonds. The molecule has 24 heavy (non-hydrogen) atoms. The van der Waals surface area contributed by atoms with Crippen LogP contribution in [-0.2, 0) is 4.79 Å². The molecule has 3 aromatic carbocycles. The SMILES string of the molecule is C[C@H](N[C@@H](C)c1ccccc1)C(=O)Nc1cccc2ccccc12. The predicted octanol–water partition coefficient (Wildman–Crippen LogP) is 4.52. The molecule has 3 aromatic rings. The van der Waals surface area contributed by atoms with Crippen LogP contribution in [0.3, 0.4) is 0 Å². The molecule has 0 aliphatic carbocycles. The Bertz CT molecular complexity index is 824. The summed E-state index contributed by atoms with van der Waals surface area (Å²) < 4.78 is 0. The van der Waals surface area contributed by atoms with Crippen LogP contribution in [0.15, 0.2) is 72.8 Å². The molecule has 3 rings (SSSR count). The Kier molecular flexibility index (Phi) is 4.92. The molecule has 0 unspecified atom stereocenters. The van der Waals surface area contributed by atoms with E-state index in [2.05, 4.69) is 29.7 Å². The maximum atomic E-state index is 12.5. The largest absolute Gasteiger partial charge is 0.324 e. The van der Waals surface area contributed by atoms with Crippen molar-refractivity contribution in [2.75, 3.05) is 5.32 Å². The van der Waals surface area contributed by atoms with Gasteiger partial charge in [-0.15, -0.1) is 0 Å². The van der Waals surface area contributed by atoms with Crippen LogP contribution in [0.1, 0.15) is 25.5 Å². The van der Waals surface area contributed by atoms with Crippen LogP contribution in [0.2, 0.25) is 0 Å². The van der Waals surface area contributed by atoms with Crippen LogP contribution in [0, 0.1) is 0 Å². The van der Waals surface area contributed by atoms with E-state index in [-0.39, 0.29) is 18.0 Å². The van der Waals surface area contributed by atoms with Crippen molar-refractivity contribution in [1.82, 2.24) is 5.32 Å². The van der Waals surface area contributed by atoms with Crippen molar-refractivity contribution in [2.24, 2.45) is 0 Å². The summed E-state index contributed by atoms with van der Waals surface area (Å²) in [7, 11) is 0. The van der Waals surface area contributed by atoms with E-state index >= 15 is 0 Å². The van der Waals surface area contributed by atoms with Gasteiger partial charge in [0.15, 0.2) is 0 Å². The van der Waals surface area contributed by atoms with Crippen molar-refractivity contribution in [3.63, 3.8) is 0 Å². The van der Waals surface area contributed by atoms with Crippen LogP contribution in [-0.4, -0.2) is 11.9 Å². The Labute approximate surface area is 142 Å². The minimum Gasteiger partial charge on any atom is -0.324 e. The zero-order chi connectivity index (χ0) is 16.9. The van der Waals surface area contributed by atoms with Crippen molar-refractivity contribution in [1.29, 1.82) is 0 Å². The number of amides is 1. The summed E-state index contributed by atoms with van der Waals surface area (Å²) in [6, 6.07) is 23.9. The van der Waals surface area contributed by atoms with E-state index in [1.54, 1.807) is 0 Å². The molecule has 0 aliphatic rings. The van der Waals surface area contributed by atoms with Crippen LogP contribution in [0.5, 0.6) is 0 Å². The number of anilines is 1. The van der Waals surface area contributed by atoms with Crippen LogP contribution >= 0.6 is 0 Å². The van der Waals surface area contributed by atoms with Crippen molar-refractivity contribution < 1.29 is 4.79 Å². The molecule has 2 atom stereocenters. The molecular weight excluding hydrogens is 296 g/mol. The standard InChI is InChI=1S/C21H22N2O/c1-15(17-9-4-3-5-10-17)22-16(2)21(24)23-20-14-8-12-18-11-6-7-13-19(18)20/h3-16,22H,1-2H3,(H,23,24)/t15-,16-/m0/s1. The van der Waals surface area contributed by atoms with E-state index in [9.17, 15) is 4.79 Å². The van der Waals surface area contributed by atoms with Gasteiger partial charge in [-0.25, -0.2) is 0 Å². The van der Waals surface area contributed by atoms with Crippen molar-refractivity contribution >= 4 is 22.4 Å². The summed E-state index contributed by atoms with van der Waals surface area (Å²) in [5.74, 6) is -0.0332. The van der Waals surface area contributed by atoms with E-state index in [0.29, 0.717) is 0 Å². The maximum absolute atomic E-state index is 12.5. The molecule has 0 bridgehead atoms. The Balaban J connectivity index is 1.70. The van der Waals surface area contributed by atoms with Gasteiger partial charge < -0.3 is 5.32 Å². The number of nitrogens with one attached hydrogen (secondary N) is 2. The highest BCUT2D eigenvalue weighted by Crippen LogP contribution is 2.23. The van der Waals surface area contributed by atoms with Gasteiger partial charge in [0.25, 0.3) is 0 Å². The lowest BCUT2D eigenvalue weighted by Crippen LogP contribution is -2.39. The first kappa shape index (κ1) is 16.2. The Morgan fingerprint density at radius 1 is 0.833 bits per heavy atom. The molecule has 0 heterocycles. The second kappa shape index (κ2) is 7.28. The molecule has 0 aliphatic heterocycles. The zero-order valence-corrected chi connectivity index (χ0v) is 14.0. The fraction of sp³-hybridized carbons (Fsp3) is 0.190. The van der Waals surface area contributed by atoms with Crippen LogP contribution < -0.4 is 10.6 Å². The molecule has 0 radical (unpaired) electrons. The Morgan fingerprint density at radius 3 is 2.29 bits per heavy atom. The van der Waals surface area contributed by atoms with E-state index in [1.807, 2.05) is 67.6 Å². The molecule has 0 fully saturated rings. The molecular formula is C21H22N2O. The molecule has 0 saturated carbocycles. The fourth-order valence-electron chi connectivity index (χ4n) is 2.86. The molecule has 0 spiro atoms. The number of hydrogen-bond donors (Lipinski definition) is 2. The number of carbonyl (C=O) groups is 1. The third-order valence-electron chi connectivity index (χ3n) is 4.24. The lowest BCUT2D eigenvalue weighted by molar-refractivity contribution is -0.117. The average Bonchev–Trinajstić information content (AvgIpc) is 2.62. The van der Waals surface area contributed by atoms with E-state index in [0.717, 1.165) is 16.5 Å². The summed E-state index contributed by atoms with van der Waals surface area (Å²) in [6.07, 6.45) is 0. The topological polar surface area (TPSA) is 41.1 Å². The maximum Gasteiger partial charge on any atom is 0.241 e. The lowest BCUT2D eigenvalue weighted by atomic mass is 10.1. The third kappa shape index (κ3) is 3.63. The second-order valence-electron chi connectivity index (χ2n) is 6.04. The van der Waals surface area contributed by atoms with Gasteiger partial charge in [0.05, 0.1) is 6.04 Å². The Hall–Kier alpha value is -2.65. The van der Waals surface area contributed by atoms with Gasteiger partial charge in [0.2, 0.25) is 5.91 Å². The van der Waals surface area contributed by atoms with Crippen molar-refractivity contribution in [3.05, 3.63) is 78.4 Å². The summed E-state index contributed by atoms with van der Waals surface area (Å²) >= 11 is 0. The summed E-state index contributed by atoms with van der Waals surface area (Å²) in [6.45, 7) is 3.96. The highest BCUT2D eigenvalue weighted by atomic mass is 16.2. The summed E-state index contributed by atoms with van der Waals surface area (Å²) in [5.41, 5.74) is 2.02. The van der Waals surface area contributed by atoms with Gasteiger partial charge in [0, 0.05) is 17.1 Å². The highest BCUT2D eigenvalue weighted by Gasteiger charge is 2.17. The molecule has 2 N–H and O–H groups in total. The molecule has 0 aromatic heterocycles. The van der Waals surface area contributed by atoms with Gasteiger partial charge in [-0.2, -0.15) is 0 Å². The third-order valence-corrected chi connectivity index (χ3v) is 4.24. The monoisotopic (exact) mass is 318 g/mol. The number of rotatable bonds is 5. The summed E-state index contributed by atoms with van der Waals surface area (Å²) in [4.78, 5) is 12.5. The van der Waals surface area contributed by atoms with Gasteiger partial charge in [-0.3, -0.25) is 10.1 Å². The molecule has 3 heteroatoms.